The number of nitrogens with one attached hydrogen (secondary N) is 3. The summed E-state index contributed by atoms with van der Waals surface area (Å²) in [6.07, 6.45) is 1.30. The molecule has 1 amide bonds. The number of hydrogen-bond donors (Lipinski definition) is 3. The summed E-state index contributed by atoms with van der Waals surface area (Å²) in [4.78, 5) is 36.8. The summed E-state index contributed by atoms with van der Waals surface area (Å²) in [6.45, 7) is 0.133. The first kappa shape index (κ1) is 20.3. The molecule has 30 heavy (non-hydrogen) atoms. The third-order valence-corrected chi connectivity index (χ3v) is 5.32. The number of carbonyl (C=O) groups is 1. The van der Waals surface area contributed by atoms with Crippen molar-refractivity contribution in [3.05, 3.63) is 51.4 Å². The number of anilines is 1. The Balaban J connectivity index is 1.50. The molecule has 158 valence electrons. The van der Waals surface area contributed by atoms with Crippen LogP contribution >= 0.6 is 11.6 Å². The van der Waals surface area contributed by atoms with Crippen LogP contribution in [-0.2, 0) is 17.8 Å². The Morgan fingerprint density at radius 1 is 1.43 bits per heavy atom. The van der Waals surface area contributed by atoms with Crippen LogP contribution in [0.5, 0.6) is 0 Å². The summed E-state index contributed by atoms with van der Waals surface area (Å²) in [5.74, 6) is -0.458. The van der Waals surface area contributed by atoms with Crippen LogP contribution in [0.3, 0.4) is 0 Å². The van der Waals surface area contributed by atoms with E-state index < -0.39 is 24.4 Å². The molecule has 4 rings (SSSR count). The average molecular weight is 437 g/mol. The predicted octanol–water partition coefficient (Wildman–Crippen LogP) is 2.64. The maximum atomic E-state index is 12.8. The van der Waals surface area contributed by atoms with Crippen molar-refractivity contribution in [3.63, 3.8) is 0 Å². The Morgan fingerprint density at radius 3 is 3.03 bits per heavy atom. The van der Waals surface area contributed by atoms with Crippen LogP contribution in [0.25, 0.3) is 10.9 Å². The maximum Gasteiger partial charge on any atom is 0.294 e. The second-order valence-corrected chi connectivity index (χ2v) is 7.37. The van der Waals surface area contributed by atoms with Gasteiger partial charge in [-0.05, 0) is 25.0 Å². The summed E-state index contributed by atoms with van der Waals surface area (Å²) in [5, 5.41) is 6.45. The predicted molar refractivity (Wildman–Crippen MR) is 108 cm³/mol. The molecular weight excluding hydrogens is 418 g/mol. The molecule has 1 atom stereocenters. The molecule has 0 saturated carbocycles. The van der Waals surface area contributed by atoms with Gasteiger partial charge in [0.05, 0.1) is 12.2 Å². The summed E-state index contributed by atoms with van der Waals surface area (Å²) in [7, 11) is 0. The van der Waals surface area contributed by atoms with E-state index in [0.29, 0.717) is 18.5 Å². The van der Waals surface area contributed by atoms with Crippen LogP contribution in [0.15, 0.2) is 29.3 Å². The van der Waals surface area contributed by atoms with E-state index in [2.05, 4.69) is 25.6 Å². The SMILES string of the molecule is O=C(NCc1cc2cnccc2[nH]1)[C@@H]1CCc2c(Cl)nc(NCCC(F)F)c(=O)n21. The zero-order chi connectivity index (χ0) is 21.3. The van der Waals surface area contributed by atoms with E-state index in [1.807, 2.05) is 12.1 Å². The standard InChI is InChI=1S/C19H19ClF2N6O2/c20-16-13-1-2-14(28(13)19(30)17(27-16)24-6-4-15(21)22)18(29)25-9-11-7-10-8-23-5-3-12(10)26-11/h3,5,7-8,14-15,26H,1-2,4,6,9H2,(H,24,27)(H,25,29)/t14-/m0/s1. The molecule has 3 aromatic heterocycles. The van der Waals surface area contributed by atoms with Gasteiger partial charge in [-0.3, -0.25) is 19.1 Å². The lowest BCUT2D eigenvalue weighted by Crippen LogP contribution is -2.36. The third-order valence-electron chi connectivity index (χ3n) is 5.01. The first-order chi connectivity index (χ1) is 14.4. The topological polar surface area (TPSA) is 105 Å². The minimum absolute atomic E-state index is 0.0903. The number of H-pyrrole nitrogens is 1. The zero-order valence-electron chi connectivity index (χ0n) is 15.8. The second kappa shape index (κ2) is 8.39. The highest BCUT2D eigenvalue weighted by Gasteiger charge is 2.32. The number of rotatable bonds is 7. The lowest BCUT2D eigenvalue weighted by Gasteiger charge is -2.16. The van der Waals surface area contributed by atoms with Gasteiger partial charge in [0.25, 0.3) is 5.56 Å². The smallest absolute Gasteiger partial charge is 0.294 e. The molecule has 0 spiro atoms. The van der Waals surface area contributed by atoms with Crippen LogP contribution in [0.4, 0.5) is 14.6 Å². The van der Waals surface area contributed by atoms with Crippen LogP contribution in [0.1, 0.15) is 30.3 Å². The number of amides is 1. The third kappa shape index (κ3) is 4.00. The summed E-state index contributed by atoms with van der Waals surface area (Å²) in [6, 6.07) is 2.99. The molecule has 0 aromatic carbocycles. The number of carbonyl (C=O) groups excluding carboxylic acids is 1. The fraction of sp³-hybridized carbons (Fsp3) is 0.368. The first-order valence-electron chi connectivity index (χ1n) is 9.46. The molecule has 0 fully saturated rings. The molecular formula is C19H19ClF2N6O2. The monoisotopic (exact) mass is 436 g/mol. The molecule has 4 heterocycles. The van der Waals surface area contributed by atoms with Crippen LogP contribution in [0, 0.1) is 0 Å². The van der Waals surface area contributed by atoms with E-state index in [1.165, 1.54) is 4.57 Å². The highest BCUT2D eigenvalue weighted by Crippen LogP contribution is 2.29. The number of alkyl halides is 2. The van der Waals surface area contributed by atoms with E-state index in [4.69, 9.17) is 11.6 Å². The minimum Gasteiger partial charge on any atom is -0.365 e. The van der Waals surface area contributed by atoms with Gasteiger partial charge in [0, 0.05) is 42.0 Å². The largest absolute Gasteiger partial charge is 0.365 e. The van der Waals surface area contributed by atoms with Gasteiger partial charge < -0.3 is 15.6 Å². The highest BCUT2D eigenvalue weighted by molar-refractivity contribution is 6.30. The number of aromatic amines is 1. The molecule has 0 unspecified atom stereocenters. The van der Waals surface area contributed by atoms with E-state index in [1.54, 1.807) is 12.4 Å². The van der Waals surface area contributed by atoms with Crippen molar-refractivity contribution in [1.82, 2.24) is 24.8 Å². The van der Waals surface area contributed by atoms with Crippen molar-refractivity contribution < 1.29 is 13.6 Å². The van der Waals surface area contributed by atoms with E-state index >= 15 is 0 Å². The minimum atomic E-state index is -2.50. The van der Waals surface area contributed by atoms with Gasteiger partial charge in [-0.25, -0.2) is 13.8 Å². The number of pyridine rings is 1. The van der Waals surface area contributed by atoms with Crippen molar-refractivity contribution >= 4 is 34.2 Å². The van der Waals surface area contributed by atoms with Crippen molar-refractivity contribution in [1.29, 1.82) is 0 Å². The molecule has 0 aliphatic carbocycles. The normalized spacial score (nSPS) is 15.5. The van der Waals surface area contributed by atoms with Crippen molar-refractivity contribution in [2.45, 2.75) is 38.3 Å². The van der Waals surface area contributed by atoms with Crippen LogP contribution in [-0.4, -0.2) is 38.4 Å². The number of aromatic nitrogens is 4. The quantitative estimate of drug-likeness (QED) is 0.528. The molecule has 8 nitrogen and oxygen atoms in total. The van der Waals surface area contributed by atoms with E-state index in [-0.39, 0.29) is 30.0 Å². The lowest BCUT2D eigenvalue weighted by atomic mass is 10.2. The van der Waals surface area contributed by atoms with E-state index in [9.17, 15) is 18.4 Å². The highest BCUT2D eigenvalue weighted by atomic mass is 35.5. The van der Waals surface area contributed by atoms with Gasteiger partial charge in [-0.15, -0.1) is 0 Å². The van der Waals surface area contributed by atoms with Gasteiger partial charge in [-0.1, -0.05) is 11.6 Å². The zero-order valence-corrected chi connectivity index (χ0v) is 16.5. The number of halogens is 3. The fourth-order valence-corrected chi connectivity index (χ4v) is 3.86. The second-order valence-electron chi connectivity index (χ2n) is 7.01. The van der Waals surface area contributed by atoms with Crippen molar-refractivity contribution in [3.8, 4) is 0 Å². The molecule has 0 saturated heterocycles. The molecule has 0 bridgehead atoms. The molecule has 3 aromatic rings. The summed E-state index contributed by atoms with van der Waals surface area (Å²) in [5.41, 5.74) is 1.64. The van der Waals surface area contributed by atoms with Crippen molar-refractivity contribution in [2.75, 3.05) is 11.9 Å². The van der Waals surface area contributed by atoms with Gasteiger partial charge in [0.15, 0.2) is 11.0 Å². The van der Waals surface area contributed by atoms with Crippen LogP contribution < -0.4 is 16.2 Å². The van der Waals surface area contributed by atoms with Gasteiger partial charge in [0.2, 0.25) is 12.3 Å². The summed E-state index contributed by atoms with van der Waals surface area (Å²) >= 11 is 6.17. The number of hydrogen-bond acceptors (Lipinski definition) is 5. The van der Waals surface area contributed by atoms with Gasteiger partial charge >= 0.3 is 0 Å². The number of fused-ring (bicyclic) bond motifs is 2. The molecule has 11 heteroatoms. The Labute approximate surface area is 174 Å². The molecule has 1 aliphatic rings. The Hall–Kier alpha value is -3.01. The van der Waals surface area contributed by atoms with Gasteiger partial charge in [-0.2, -0.15) is 0 Å². The van der Waals surface area contributed by atoms with E-state index in [0.717, 1.165) is 16.6 Å². The Morgan fingerprint density at radius 2 is 2.27 bits per heavy atom. The Bertz CT molecular complexity index is 1110. The number of nitrogens with zero attached hydrogens (tertiary/aromatic N) is 3. The molecule has 0 radical (unpaired) electrons. The van der Waals surface area contributed by atoms with Gasteiger partial charge in [0.1, 0.15) is 6.04 Å². The summed E-state index contributed by atoms with van der Waals surface area (Å²) < 4.78 is 26.0. The maximum absolute atomic E-state index is 12.8. The fourth-order valence-electron chi connectivity index (χ4n) is 3.59. The Kier molecular flexibility index (Phi) is 5.67. The average Bonchev–Trinajstić information content (AvgIpc) is 3.34. The van der Waals surface area contributed by atoms with Crippen molar-refractivity contribution in [2.24, 2.45) is 0 Å². The van der Waals surface area contributed by atoms with Crippen LogP contribution in [0.2, 0.25) is 5.15 Å². The first-order valence-corrected chi connectivity index (χ1v) is 9.84. The molecule has 3 N–H and O–H groups in total. The molecule has 1 aliphatic heterocycles. The lowest BCUT2D eigenvalue weighted by molar-refractivity contribution is -0.124.